The third-order valence-corrected chi connectivity index (χ3v) is 3.92. The standard InChI is InChI=1S/C15H22N8O5/c1-8-9(14(26)28-7)11(18-21(8)6)17-16-10-12(24)22(19(2)3)15(27)23(13(10)25)20(4)5/h24H,1-7H3. The number of ether oxygens (including phenoxy) is 1. The molecular formula is C15H22N8O5. The van der Waals surface area contributed by atoms with Gasteiger partial charge in [0.1, 0.15) is 5.56 Å². The summed E-state index contributed by atoms with van der Waals surface area (Å²) in [7, 11) is 8.79. The molecule has 0 bridgehead atoms. The number of hydrogen-bond acceptors (Lipinski definition) is 10. The molecule has 0 aliphatic heterocycles. The maximum Gasteiger partial charge on any atom is 0.372 e. The number of carbonyl (C=O) groups excluding carboxylic acids is 1. The van der Waals surface area contributed by atoms with Crippen LogP contribution in [-0.2, 0) is 11.8 Å². The van der Waals surface area contributed by atoms with Crippen molar-refractivity contribution in [3.63, 3.8) is 0 Å². The van der Waals surface area contributed by atoms with Crippen molar-refractivity contribution in [2.45, 2.75) is 6.92 Å². The van der Waals surface area contributed by atoms with Gasteiger partial charge in [0, 0.05) is 35.2 Å². The van der Waals surface area contributed by atoms with E-state index in [-0.39, 0.29) is 11.4 Å². The molecule has 0 aliphatic carbocycles. The smallest absolute Gasteiger partial charge is 0.372 e. The summed E-state index contributed by atoms with van der Waals surface area (Å²) in [5.41, 5.74) is -1.63. The van der Waals surface area contributed by atoms with Crippen molar-refractivity contribution in [2.75, 3.05) is 45.3 Å². The maximum absolute atomic E-state index is 12.7. The molecule has 0 saturated heterocycles. The van der Waals surface area contributed by atoms with E-state index in [1.807, 2.05) is 0 Å². The largest absolute Gasteiger partial charge is 0.491 e. The molecule has 0 atom stereocenters. The first-order chi connectivity index (χ1) is 13.0. The molecule has 152 valence electrons. The number of nitrogens with zero attached hydrogens (tertiary/aromatic N) is 8. The second kappa shape index (κ2) is 7.54. The van der Waals surface area contributed by atoms with Gasteiger partial charge in [-0.15, -0.1) is 10.2 Å². The topological polar surface area (TPSA) is 140 Å². The molecule has 28 heavy (non-hydrogen) atoms. The van der Waals surface area contributed by atoms with Gasteiger partial charge < -0.3 is 19.9 Å². The van der Waals surface area contributed by atoms with Crippen LogP contribution in [0.15, 0.2) is 19.8 Å². The number of hydrogen-bond donors (Lipinski definition) is 1. The molecule has 13 heteroatoms. The maximum atomic E-state index is 12.7. The number of aromatic hydroxyl groups is 1. The molecule has 0 amide bonds. The van der Waals surface area contributed by atoms with Gasteiger partial charge in [0.2, 0.25) is 17.4 Å². The third-order valence-electron chi connectivity index (χ3n) is 3.92. The Hall–Kier alpha value is -3.64. The van der Waals surface area contributed by atoms with Crippen LogP contribution in [0.3, 0.4) is 0 Å². The Bertz CT molecular complexity index is 1060. The van der Waals surface area contributed by atoms with Gasteiger partial charge in [0.05, 0.1) is 12.8 Å². The number of methoxy groups -OCH3 is 1. The summed E-state index contributed by atoms with van der Waals surface area (Å²) in [5, 5.41) is 24.6. The van der Waals surface area contributed by atoms with Gasteiger partial charge in [0.15, 0.2) is 0 Å². The zero-order valence-electron chi connectivity index (χ0n) is 16.7. The van der Waals surface area contributed by atoms with Gasteiger partial charge in [-0.3, -0.25) is 9.48 Å². The Balaban J connectivity index is 2.75. The molecule has 13 nitrogen and oxygen atoms in total. The molecule has 0 radical (unpaired) electrons. The third kappa shape index (κ3) is 3.33. The van der Waals surface area contributed by atoms with E-state index in [4.69, 9.17) is 4.74 Å². The van der Waals surface area contributed by atoms with Crippen molar-refractivity contribution in [3.8, 4) is 5.88 Å². The van der Waals surface area contributed by atoms with Crippen LogP contribution < -0.4 is 21.3 Å². The summed E-state index contributed by atoms with van der Waals surface area (Å²) in [6, 6.07) is 0. The van der Waals surface area contributed by atoms with Crippen LogP contribution in [-0.4, -0.2) is 65.5 Å². The molecule has 2 heterocycles. The molecule has 2 rings (SSSR count). The van der Waals surface area contributed by atoms with E-state index in [0.29, 0.717) is 5.69 Å². The number of aryl methyl sites for hydroxylation is 1. The van der Waals surface area contributed by atoms with Crippen LogP contribution >= 0.6 is 0 Å². The van der Waals surface area contributed by atoms with Crippen molar-refractivity contribution in [1.29, 1.82) is 0 Å². The van der Waals surface area contributed by atoms with Crippen molar-refractivity contribution < 1.29 is 14.6 Å². The van der Waals surface area contributed by atoms with E-state index in [1.165, 1.54) is 50.0 Å². The monoisotopic (exact) mass is 394 g/mol. The molecule has 2 aromatic heterocycles. The first-order valence-electron chi connectivity index (χ1n) is 8.02. The van der Waals surface area contributed by atoms with E-state index in [0.717, 1.165) is 9.35 Å². The molecule has 1 N–H and O–H groups in total. The average molecular weight is 394 g/mol. The quantitative estimate of drug-likeness (QED) is 0.521. The molecule has 0 fully saturated rings. The van der Waals surface area contributed by atoms with E-state index in [2.05, 4.69) is 15.3 Å². The molecule has 0 aliphatic rings. The van der Waals surface area contributed by atoms with Gasteiger partial charge in [-0.25, -0.2) is 9.59 Å². The lowest BCUT2D eigenvalue weighted by Crippen LogP contribution is -2.52. The van der Waals surface area contributed by atoms with E-state index in [9.17, 15) is 19.5 Å². The lowest BCUT2D eigenvalue weighted by atomic mass is 10.2. The van der Waals surface area contributed by atoms with E-state index < -0.39 is 28.8 Å². The first kappa shape index (κ1) is 20.7. The lowest BCUT2D eigenvalue weighted by Gasteiger charge is -2.22. The fourth-order valence-corrected chi connectivity index (χ4v) is 2.46. The number of rotatable bonds is 5. The summed E-state index contributed by atoms with van der Waals surface area (Å²) >= 11 is 0. The second-order valence-corrected chi connectivity index (χ2v) is 6.18. The van der Waals surface area contributed by atoms with Crippen molar-refractivity contribution >= 4 is 17.5 Å². The van der Waals surface area contributed by atoms with Crippen molar-refractivity contribution in [2.24, 2.45) is 17.3 Å². The highest BCUT2D eigenvalue weighted by Crippen LogP contribution is 2.26. The highest BCUT2D eigenvalue weighted by atomic mass is 16.5. The van der Waals surface area contributed by atoms with Crippen LogP contribution in [0.1, 0.15) is 16.1 Å². The van der Waals surface area contributed by atoms with Crippen LogP contribution in [0.4, 0.5) is 11.5 Å². The predicted molar refractivity (Wildman–Crippen MR) is 100 cm³/mol. The van der Waals surface area contributed by atoms with Gasteiger partial charge in [-0.1, -0.05) is 0 Å². The highest BCUT2D eigenvalue weighted by molar-refractivity contribution is 5.95. The Labute approximate surface area is 159 Å². The van der Waals surface area contributed by atoms with Gasteiger partial charge in [-0.05, 0) is 6.92 Å². The minimum atomic E-state index is -0.887. The summed E-state index contributed by atoms with van der Waals surface area (Å²) in [6.45, 7) is 1.64. The number of aromatic nitrogens is 4. The van der Waals surface area contributed by atoms with Crippen LogP contribution in [0.5, 0.6) is 5.88 Å². The summed E-state index contributed by atoms with van der Waals surface area (Å²) in [5.74, 6) is -1.47. The average Bonchev–Trinajstić information content (AvgIpc) is 2.87. The molecule has 0 spiro atoms. The Morgan fingerprint density at radius 1 is 1.11 bits per heavy atom. The Morgan fingerprint density at radius 3 is 2.18 bits per heavy atom. The Morgan fingerprint density at radius 2 is 1.68 bits per heavy atom. The second-order valence-electron chi connectivity index (χ2n) is 6.18. The normalized spacial score (nSPS) is 11.1. The lowest BCUT2D eigenvalue weighted by molar-refractivity contribution is 0.0600. The number of carbonyl (C=O) groups is 1. The summed E-state index contributed by atoms with van der Waals surface area (Å²) < 4.78 is 7.75. The zero-order chi connectivity index (χ0) is 21.3. The minimum absolute atomic E-state index is 0.0714. The van der Waals surface area contributed by atoms with E-state index in [1.54, 1.807) is 14.0 Å². The molecule has 0 unspecified atom stereocenters. The van der Waals surface area contributed by atoms with Gasteiger partial charge in [0.25, 0.3) is 0 Å². The van der Waals surface area contributed by atoms with Gasteiger partial charge in [-0.2, -0.15) is 14.5 Å². The van der Waals surface area contributed by atoms with Crippen LogP contribution in [0.2, 0.25) is 0 Å². The molecule has 0 saturated carbocycles. The minimum Gasteiger partial charge on any atom is -0.491 e. The molecular weight excluding hydrogens is 372 g/mol. The number of esters is 1. The molecule has 2 aromatic rings. The summed E-state index contributed by atoms with van der Waals surface area (Å²) in [4.78, 5) is 37.1. The predicted octanol–water partition coefficient (Wildman–Crippen LogP) is -0.645. The fraction of sp³-hybridized carbons (Fsp3) is 0.467. The molecule has 0 aromatic carbocycles. The van der Waals surface area contributed by atoms with Crippen LogP contribution in [0.25, 0.3) is 0 Å². The van der Waals surface area contributed by atoms with Crippen LogP contribution in [0, 0.1) is 6.92 Å². The van der Waals surface area contributed by atoms with Crippen molar-refractivity contribution in [3.05, 3.63) is 32.1 Å². The summed E-state index contributed by atoms with van der Waals surface area (Å²) in [6.07, 6.45) is 0. The van der Waals surface area contributed by atoms with Gasteiger partial charge >= 0.3 is 17.2 Å². The van der Waals surface area contributed by atoms with E-state index >= 15 is 0 Å². The fourth-order valence-electron chi connectivity index (χ4n) is 2.46. The highest BCUT2D eigenvalue weighted by Gasteiger charge is 2.23. The zero-order valence-corrected chi connectivity index (χ0v) is 16.7. The number of azo groups is 1. The SMILES string of the molecule is COC(=O)c1c(N=Nc2c(O)n(N(C)C)c(=O)n(N(C)C)c2=O)nn(C)c1C. The Kier molecular flexibility index (Phi) is 5.57. The first-order valence-corrected chi connectivity index (χ1v) is 8.02. The van der Waals surface area contributed by atoms with Crippen molar-refractivity contribution in [1.82, 2.24) is 19.1 Å².